The molecular weight excluding hydrogens is 193 g/mol. The molecule has 1 amide bonds. The second kappa shape index (κ2) is 2.81. The van der Waals surface area contributed by atoms with Crippen LogP contribution in [-0.4, -0.2) is 12.5 Å². The van der Waals surface area contributed by atoms with E-state index in [4.69, 9.17) is 0 Å². The molecule has 2 heterocycles. The van der Waals surface area contributed by atoms with E-state index >= 15 is 0 Å². The standard InChI is InChI=1S/C12H12FNO/c13-10-4-2-1-3-9(10)12-5-8(6-12)11(15)14-7-12/h1-4,8H,5-7H2,(H,14,15). The van der Waals surface area contributed by atoms with Crippen LogP contribution in [0.3, 0.4) is 0 Å². The zero-order valence-corrected chi connectivity index (χ0v) is 8.29. The molecule has 1 aliphatic carbocycles. The molecule has 0 radical (unpaired) electrons. The molecule has 78 valence electrons. The molecule has 2 saturated heterocycles. The van der Waals surface area contributed by atoms with Crippen molar-refractivity contribution in [3.63, 3.8) is 0 Å². The minimum absolute atomic E-state index is 0.110. The highest BCUT2D eigenvalue weighted by atomic mass is 19.1. The fourth-order valence-electron chi connectivity index (χ4n) is 2.82. The van der Waals surface area contributed by atoms with Crippen LogP contribution in [-0.2, 0) is 10.2 Å². The first-order valence-corrected chi connectivity index (χ1v) is 5.24. The Morgan fingerprint density at radius 2 is 2.07 bits per heavy atom. The van der Waals surface area contributed by atoms with Crippen LogP contribution in [0.2, 0.25) is 0 Å². The van der Waals surface area contributed by atoms with Gasteiger partial charge in [-0.1, -0.05) is 18.2 Å². The van der Waals surface area contributed by atoms with Crippen LogP contribution in [0.4, 0.5) is 4.39 Å². The number of piperidine rings is 2. The SMILES string of the molecule is O=C1NCC2(c3ccccc3F)CC1C2. The quantitative estimate of drug-likeness (QED) is 0.741. The zero-order valence-electron chi connectivity index (χ0n) is 8.29. The third-order valence-electron chi connectivity index (χ3n) is 3.69. The molecule has 1 aromatic rings. The summed E-state index contributed by atoms with van der Waals surface area (Å²) in [5.74, 6) is 0.0960. The van der Waals surface area contributed by atoms with Gasteiger partial charge >= 0.3 is 0 Å². The number of carbonyl (C=O) groups is 1. The van der Waals surface area contributed by atoms with Crippen LogP contribution in [0.1, 0.15) is 18.4 Å². The van der Waals surface area contributed by atoms with Crippen molar-refractivity contribution in [3.8, 4) is 0 Å². The summed E-state index contributed by atoms with van der Waals surface area (Å²) in [7, 11) is 0. The van der Waals surface area contributed by atoms with Crippen molar-refractivity contribution in [2.75, 3.05) is 6.54 Å². The summed E-state index contributed by atoms with van der Waals surface area (Å²) in [6, 6.07) is 6.89. The van der Waals surface area contributed by atoms with Crippen molar-refractivity contribution in [3.05, 3.63) is 35.6 Å². The summed E-state index contributed by atoms with van der Waals surface area (Å²) in [6.45, 7) is 0.587. The van der Waals surface area contributed by atoms with Gasteiger partial charge in [-0.25, -0.2) is 4.39 Å². The van der Waals surface area contributed by atoms with E-state index in [1.807, 2.05) is 12.1 Å². The fraction of sp³-hybridized carbons (Fsp3) is 0.417. The van der Waals surface area contributed by atoms with E-state index in [9.17, 15) is 9.18 Å². The van der Waals surface area contributed by atoms with Crippen LogP contribution in [0, 0.1) is 11.7 Å². The summed E-state index contributed by atoms with van der Waals surface area (Å²) < 4.78 is 13.6. The summed E-state index contributed by atoms with van der Waals surface area (Å²) in [4.78, 5) is 11.3. The lowest BCUT2D eigenvalue weighted by Gasteiger charge is -2.52. The second-order valence-electron chi connectivity index (χ2n) is 4.58. The predicted molar refractivity (Wildman–Crippen MR) is 53.8 cm³/mol. The molecule has 3 aliphatic rings. The fourth-order valence-corrected chi connectivity index (χ4v) is 2.82. The first kappa shape index (κ1) is 8.89. The summed E-state index contributed by atoms with van der Waals surface area (Å²) in [5.41, 5.74) is 0.644. The molecule has 1 N–H and O–H groups in total. The highest BCUT2D eigenvalue weighted by Crippen LogP contribution is 2.50. The Hall–Kier alpha value is -1.38. The first-order valence-electron chi connectivity index (χ1n) is 5.24. The van der Waals surface area contributed by atoms with Gasteiger partial charge in [0.2, 0.25) is 5.91 Å². The number of hydrogen-bond acceptors (Lipinski definition) is 1. The Balaban J connectivity index is 1.97. The molecule has 0 unspecified atom stereocenters. The molecule has 1 aromatic carbocycles. The lowest BCUT2D eigenvalue weighted by atomic mass is 9.56. The zero-order chi connectivity index (χ0) is 10.5. The Bertz CT molecular complexity index is 418. The summed E-state index contributed by atoms with van der Waals surface area (Å²) >= 11 is 0. The summed E-state index contributed by atoms with van der Waals surface area (Å²) in [6.07, 6.45) is 1.61. The van der Waals surface area contributed by atoms with Gasteiger partial charge in [-0.2, -0.15) is 0 Å². The number of halogens is 1. The van der Waals surface area contributed by atoms with E-state index in [-0.39, 0.29) is 23.1 Å². The van der Waals surface area contributed by atoms with Crippen LogP contribution in [0.15, 0.2) is 24.3 Å². The molecule has 1 saturated carbocycles. The molecule has 2 bridgehead atoms. The number of nitrogens with one attached hydrogen (secondary N) is 1. The molecule has 3 heteroatoms. The van der Waals surface area contributed by atoms with E-state index in [0.29, 0.717) is 6.54 Å². The number of fused-ring (bicyclic) bond motifs is 2. The molecule has 15 heavy (non-hydrogen) atoms. The number of carbonyl (C=O) groups excluding carboxylic acids is 1. The number of rotatable bonds is 1. The van der Waals surface area contributed by atoms with Crippen LogP contribution < -0.4 is 5.32 Å². The highest BCUT2D eigenvalue weighted by Gasteiger charge is 2.53. The van der Waals surface area contributed by atoms with Crippen LogP contribution in [0.5, 0.6) is 0 Å². The van der Waals surface area contributed by atoms with Gasteiger partial charge in [0.15, 0.2) is 0 Å². The number of hydrogen-bond donors (Lipinski definition) is 1. The average molecular weight is 205 g/mol. The smallest absolute Gasteiger partial charge is 0.223 e. The van der Waals surface area contributed by atoms with Crippen molar-refractivity contribution in [2.24, 2.45) is 5.92 Å². The molecule has 3 fully saturated rings. The van der Waals surface area contributed by atoms with Gasteiger partial charge in [0, 0.05) is 17.9 Å². The molecular formula is C12H12FNO. The molecule has 4 rings (SSSR count). The Labute approximate surface area is 87.5 Å². The van der Waals surface area contributed by atoms with E-state index in [1.54, 1.807) is 6.07 Å². The van der Waals surface area contributed by atoms with Crippen molar-refractivity contribution in [2.45, 2.75) is 18.3 Å². The molecule has 0 atom stereocenters. The number of amides is 1. The Morgan fingerprint density at radius 1 is 1.33 bits per heavy atom. The molecule has 0 spiro atoms. The molecule has 0 aromatic heterocycles. The highest BCUT2D eigenvalue weighted by molar-refractivity contribution is 5.82. The lowest BCUT2D eigenvalue weighted by molar-refractivity contribution is -0.135. The molecule has 2 aliphatic heterocycles. The number of benzene rings is 1. The monoisotopic (exact) mass is 205 g/mol. The minimum atomic E-state index is -0.146. The van der Waals surface area contributed by atoms with Gasteiger partial charge in [0.05, 0.1) is 0 Å². The van der Waals surface area contributed by atoms with Gasteiger partial charge in [-0.05, 0) is 24.5 Å². The first-order chi connectivity index (χ1) is 7.21. The predicted octanol–water partition coefficient (Wildman–Crippen LogP) is 1.60. The second-order valence-corrected chi connectivity index (χ2v) is 4.58. The average Bonchev–Trinajstić information content (AvgIpc) is 2.18. The van der Waals surface area contributed by atoms with E-state index in [1.165, 1.54) is 6.07 Å². The van der Waals surface area contributed by atoms with Gasteiger partial charge in [0.25, 0.3) is 0 Å². The van der Waals surface area contributed by atoms with Crippen LogP contribution >= 0.6 is 0 Å². The van der Waals surface area contributed by atoms with Gasteiger partial charge in [-0.3, -0.25) is 4.79 Å². The van der Waals surface area contributed by atoms with Crippen molar-refractivity contribution in [1.82, 2.24) is 5.32 Å². The Kier molecular flexibility index (Phi) is 1.67. The summed E-state index contributed by atoms with van der Waals surface area (Å²) in [5, 5.41) is 2.84. The topological polar surface area (TPSA) is 29.1 Å². The maximum atomic E-state index is 13.6. The minimum Gasteiger partial charge on any atom is -0.355 e. The van der Waals surface area contributed by atoms with Gasteiger partial charge < -0.3 is 5.32 Å². The maximum Gasteiger partial charge on any atom is 0.223 e. The van der Waals surface area contributed by atoms with E-state index < -0.39 is 0 Å². The molecule has 2 nitrogen and oxygen atoms in total. The van der Waals surface area contributed by atoms with E-state index in [0.717, 1.165) is 18.4 Å². The third kappa shape index (κ3) is 1.12. The largest absolute Gasteiger partial charge is 0.355 e. The lowest BCUT2D eigenvalue weighted by Crippen LogP contribution is -2.60. The van der Waals surface area contributed by atoms with E-state index in [2.05, 4.69) is 5.32 Å². The van der Waals surface area contributed by atoms with Crippen molar-refractivity contribution >= 4 is 5.91 Å². The normalized spacial score (nSPS) is 33.1. The Morgan fingerprint density at radius 3 is 2.67 bits per heavy atom. The van der Waals surface area contributed by atoms with Crippen LogP contribution in [0.25, 0.3) is 0 Å². The van der Waals surface area contributed by atoms with Crippen molar-refractivity contribution in [1.29, 1.82) is 0 Å². The third-order valence-corrected chi connectivity index (χ3v) is 3.69. The van der Waals surface area contributed by atoms with Gasteiger partial charge in [0.1, 0.15) is 5.82 Å². The van der Waals surface area contributed by atoms with Crippen molar-refractivity contribution < 1.29 is 9.18 Å². The maximum absolute atomic E-state index is 13.6. The van der Waals surface area contributed by atoms with Gasteiger partial charge in [-0.15, -0.1) is 0 Å².